The predicted molar refractivity (Wildman–Crippen MR) is 69.9 cm³/mol. The molecule has 0 unspecified atom stereocenters. The number of hydrogen-bond donors (Lipinski definition) is 2. The van der Waals surface area contributed by atoms with Gasteiger partial charge in [-0.3, -0.25) is 20.7 Å². The van der Waals surface area contributed by atoms with Gasteiger partial charge >= 0.3 is 0 Å². The number of benzene rings is 1. The van der Waals surface area contributed by atoms with E-state index in [1.807, 2.05) is 13.8 Å². The summed E-state index contributed by atoms with van der Waals surface area (Å²) in [7, 11) is 0. The number of hydrogen-bond acceptors (Lipinski definition) is 6. The molecule has 1 aromatic carbocycles. The van der Waals surface area contributed by atoms with E-state index in [2.05, 4.69) is 5.43 Å². The zero-order valence-corrected chi connectivity index (χ0v) is 11.1. The Bertz CT molecular complexity index is 374. The molecule has 2 N–H and O–H groups in total. The van der Waals surface area contributed by atoms with Gasteiger partial charge in [0.15, 0.2) is 0 Å². The van der Waals surface area contributed by atoms with Crippen LogP contribution in [0.4, 0.5) is 11.4 Å². The van der Waals surface area contributed by atoms with Crippen molar-refractivity contribution < 1.29 is 10.1 Å². The molecule has 0 aromatic heterocycles. The second kappa shape index (κ2) is 7.88. The third-order valence-electron chi connectivity index (χ3n) is 1.80. The normalized spacial score (nSPS) is 9.53. The van der Waals surface area contributed by atoms with E-state index < -0.39 is 4.92 Å². The first-order chi connectivity index (χ1) is 8.04. The lowest BCUT2D eigenvalue weighted by atomic mass is 10.2. The number of aryl methyl sites for hydroxylation is 1. The largest absolute Gasteiger partial charge is 0.286 e. The molecule has 0 amide bonds. The van der Waals surface area contributed by atoms with E-state index in [9.17, 15) is 10.1 Å². The topological polar surface area (TPSA) is 78.6 Å². The van der Waals surface area contributed by atoms with Gasteiger partial charge in [-0.2, -0.15) is 0 Å². The number of hydrazine groups is 1. The summed E-state index contributed by atoms with van der Waals surface area (Å²) in [4.78, 5) is 10.2. The minimum Gasteiger partial charge on any atom is -0.286 e. The maximum atomic E-state index is 10.6. The van der Waals surface area contributed by atoms with E-state index in [1.165, 1.54) is 6.07 Å². The van der Waals surface area contributed by atoms with Gasteiger partial charge in [-0.15, -0.1) is 0 Å². The summed E-state index contributed by atoms with van der Waals surface area (Å²) >= 11 is 1.05. The van der Waals surface area contributed by atoms with Crippen LogP contribution in [0.2, 0.25) is 0 Å². The molecule has 1 aromatic rings. The van der Waals surface area contributed by atoms with E-state index in [0.717, 1.165) is 16.5 Å². The Kier molecular flexibility index (Phi) is 7.27. The van der Waals surface area contributed by atoms with Gasteiger partial charge in [0.25, 0.3) is 5.69 Å². The third kappa shape index (κ3) is 5.03. The van der Waals surface area contributed by atoms with Gasteiger partial charge in [-0.1, -0.05) is 19.9 Å². The summed E-state index contributed by atoms with van der Waals surface area (Å²) in [5, 5.41) is 19.8. The fraction of sp³-hybridized carbons (Fsp3) is 0.400. The monoisotopic (exact) mass is 259 g/mol. The Hall–Kier alpha value is -1.31. The van der Waals surface area contributed by atoms with Gasteiger partial charge in [-0.05, 0) is 29.5 Å². The van der Waals surface area contributed by atoms with Crippen molar-refractivity contribution >= 4 is 23.3 Å². The molecule has 7 heteroatoms. The molecule has 0 aliphatic carbocycles. The lowest BCUT2D eigenvalue weighted by molar-refractivity contribution is -0.385. The molecule has 0 radical (unpaired) electrons. The maximum absolute atomic E-state index is 10.6. The van der Waals surface area contributed by atoms with E-state index in [0.29, 0.717) is 11.3 Å². The van der Waals surface area contributed by atoms with Crippen LogP contribution in [-0.2, 0) is 0 Å². The Morgan fingerprint density at radius 2 is 2.06 bits per heavy atom. The van der Waals surface area contributed by atoms with Gasteiger partial charge in [-0.25, -0.2) is 0 Å². The lowest BCUT2D eigenvalue weighted by Crippen LogP contribution is -2.17. The van der Waals surface area contributed by atoms with Gasteiger partial charge in [0.1, 0.15) is 0 Å². The average Bonchev–Trinajstić information content (AvgIpc) is 2.33. The van der Waals surface area contributed by atoms with Crippen LogP contribution in [-0.4, -0.2) is 21.0 Å². The van der Waals surface area contributed by atoms with Crippen LogP contribution in [0.3, 0.4) is 0 Å². The van der Waals surface area contributed by atoms with E-state index in [4.69, 9.17) is 5.21 Å². The van der Waals surface area contributed by atoms with Crippen molar-refractivity contribution in [3.05, 3.63) is 33.9 Å². The summed E-state index contributed by atoms with van der Waals surface area (Å²) in [6, 6.07) is 4.64. The molecule has 0 fully saturated rings. The molecule has 6 nitrogen and oxygen atoms in total. The second-order valence-electron chi connectivity index (χ2n) is 2.83. The van der Waals surface area contributed by atoms with Crippen LogP contribution in [0.1, 0.15) is 19.4 Å². The predicted octanol–water partition coefficient (Wildman–Crippen LogP) is 3.23. The number of nitrogens with one attached hydrogen (secondary N) is 1. The molecule has 0 spiro atoms. The number of anilines is 1. The molecular formula is C10H17N3O3S. The third-order valence-corrected chi connectivity index (χ3v) is 2.24. The minimum atomic E-state index is -0.457. The van der Waals surface area contributed by atoms with Crippen molar-refractivity contribution in [3.8, 4) is 0 Å². The average molecular weight is 259 g/mol. The lowest BCUT2D eigenvalue weighted by Gasteiger charge is -2.13. The minimum absolute atomic E-state index is 0.0227. The highest BCUT2D eigenvalue weighted by molar-refractivity contribution is 7.96. The Morgan fingerprint density at radius 1 is 1.47 bits per heavy atom. The number of rotatable bonds is 4. The molecule has 0 atom stereocenters. The maximum Gasteiger partial charge on any atom is 0.274 e. The molecule has 0 heterocycles. The van der Waals surface area contributed by atoms with Crippen molar-refractivity contribution in [2.75, 3.05) is 11.7 Å². The first kappa shape index (κ1) is 15.7. The molecule has 0 aliphatic rings. The van der Waals surface area contributed by atoms with Crippen molar-refractivity contribution in [1.82, 2.24) is 4.58 Å². The molecule has 0 bridgehead atoms. The highest BCUT2D eigenvalue weighted by Gasteiger charge is 2.11. The van der Waals surface area contributed by atoms with Crippen molar-refractivity contribution in [2.45, 2.75) is 20.8 Å². The van der Waals surface area contributed by atoms with Crippen molar-refractivity contribution in [2.24, 2.45) is 0 Å². The molecule has 0 saturated carbocycles. The van der Waals surface area contributed by atoms with E-state index >= 15 is 0 Å². The van der Waals surface area contributed by atoms with Crippen molar-refractivity contribution in [1.29, 1.82) is 0 Å². The first-order valence-electron chi connectivity index (χ1n) is 5.09. The van der Waals surface area contributed by atoms with Gasteiger partial charge in [0, 0.05) is 17.9 Å². The quantitative estimate of drug-likeness (QED) is 0.491. The van der Waals surface area contributed by atoms with Crippen LogP contribution in [0.25, 0.3) is 0 Å². The Labute approximate surface area is 105 Å². The fourth-order valence-corrected chi connectivity index (χ4v) is 1.23. The number of nitrogens with zero attached hydrogens (tertiary/aromatic N) is 2. The van der Waals surface area contributed by atoms with Crippen molar-refractivity contribution in [3.63, 3.8) is 0 Å². The summed E-state index contributed by atoms with van der Waals surface area (Å²) in [6.45, 7) is 5.66. The fourth-order valence-electron chi connectivity index (χ4n) is 1.03. The summed E-state index contributed by atoms with van der Waals surface area (Å²) < 4.78 is 0.772. The highest BCUT2D eigenvalue weighted by Crippen LogP contribution is 2.22. The van der Waals surface area contributed by atoms with Crippen LogP contribution in [0.15, 0.2) is 18.2 Å². The summed E-state index contributed by atoms with van der Waals surface area (Å²) in [6.07, 6.45) is 1.66. The second-order valence-corrected chi connectivity index (χ2v) is 3.54. The van der Waals surface area contributed by atoms with E-state index in [-0.39, 0.29) is 5.69 Å². The molecule has 1 rings (SSSR count). The van der Waals surface area contributed by atoms with Crippen LogP contribution < -0.4 is 5.43 Å². The molecule has 96 valence electrons. The molecular weight excluding hydrogens is 242 g/mol. The smallest absolute Gasteiger partial charge is 0.274 e. The number of nitro groups is 1. The Balaban J connectivity index is 0.00000121. The zero-order valence-electron chi connectivity index (χ0n) is 10.3. The molecule has 0 aliphatic heterocycles. The summed E-state index contributed by atoms with van der Waals surface area (Å²) in [5.74, 6) is 0. The molecule has 0 saturated heterocycles. The number of nitro benzene ring substituents is 1. The van der Waals surface area contributed by atoms with Gasteiger partial charge < -0.3 is 0 Å². The van der Waals surface area contributed by atoms with Crippen LogP contribution >= 0.6 is 11.9 Å². The standard InChI is InChI=1S/C8H11N3O3S.C2H6/c1-6-3-4-7(9-11(14)15-2)5-8(6)10(12)13;1-2/h3-5,9,14H,1-2H3;1-2H3. The van der Waals surface area contributed by atoms with Gasteiger partial charge in [0.05, 0.1) is 10.6 Å². The van der Waals surface area contributed by atoms with Crippen LogP contribution in [0.5, 0.6) is 0 Å². The first-order valence-corrected chi connectivity index (χ1v) is 6.27. The SMILES string of the molecule is CC.CSN(O)Nc1ccc(C)c([N+](=O)[O-])c1. The van der Waals surface area contributed by atoms with Crippen LogP contribution in [0, 0.1) is 17.0 Å². The van der Waals surface area contributed by atoms with Gasteiger partial charge in [0.2, 0.25) is 0 Å². The highest BCUT2D eigenvalue weighted by atomic mass is 32.2. The zero-order chi connectivity index (χ0) is 13.4. The Morgan fingerprint density at radius 3 is 2.53 bits per heavy atom. The summed E-state index contributed by atoms with van der Waals surface area (Å²) in [5.41, 5.74) is 3.63. The molecule has 17 heavy (non-hydrogen) atoms. The van der Waals surface area contributed by atoms with E-state index in [1.54, 1.807) is 25.3 Å².